The van der Waals surface area contributed by atoms with E-state index < -0.39 is 5.97 Å². The molecule has 1 aromatic heterocycles. The second-order valence-corrected chi connectivity index (χ2v) is 3.72. The first-order valence-electron chi connectivity index (χ1n) is 5.36. The van der Waals surface area contributed by atoms with Crippen LogP contribution in [0.4, 0.5) is 5.82 Å². The number of hydrogen-bond acceptors (Lipinski definition) is 4. The number of nitrogens with zero attached hydrogens (tertiary/aromatic N) is 1. The van der Waals surface area contributed by atoms with Gasteiger partial charge in [0.25, 0.3) is 0 Å². The monoisotopic (exact) mass is 258 g/mol. The Morgan fingerprint density at radius 3 is 3.00 bits per heavy atom. The van der Waals surface area contributed by atoms with Crippen molar-refractivity contribution >= 4 is 23.4 Å². The molecule has 94 valence electrons. The molecule has 1 aromatic rings. The van der Waals surface area contributed by atoms with Crippen molar-refractivity contribution in [3.8, 4) is 0 Å². The molecule has 1 heterocycles. The summed E-state index contributed by atoms with van der Waals surface area (Å²) in [7, 11) is 0. The lowest BCUT2D eigenvalue weighted by Gasteiger charge is -2.07. The van der Waals surface area contributed by atoms with Gasteiger partial charge < -0.3 is 15.2 Å². The fraction of sp³-hybridized carbons (Fsp3) is 0.455. The van der Waals surface area contributed by atoms with Crippen molar-refractivity contribution in [2.24, 2.45) is 0 Å². The van der Waals surface area contributed by atoms with Crippen LogP contribution >= 0.6 is 11.6 Å². The molecule has 0 aliphatic rings. The maximum atomic E-state index is 10.8. The number of carboxylic acid groups (broad SMARTS) is 1. The third-order valence-electron chi connectivity index (χ3n) is 2.02. The first-order chi connectivity index (χ1) is 8.15. The van der Waals surface area contributed by atoms with Crippen LogP contribution in [0.2, 0.25) is 5.02 Å². The van der Waals surface area contributed by atoms with Gasteiger partial charge in [-0.3, -0.25) is 0 Å². The van der Waals surface area contributed by atoms with Crippen LogP contribution in [0, 0.1) is 0 Å². The highest BCUT2D eigenvalue weighted by atomic mass is 35.5. The number of aromatic carboxylic acids is 1. The number of pyridine rings is 1. The van der Waals surface area contributed by atoms with E-state index in [9.17, 15) is 4.79 Å². The Morgan fingerprint density at radius 1 is 1.59 bits per heavy atom. The maximum absolute atomic E-state index is 10.8. The lowest BCUT2D eigenvalue weighted by Crippen LogP contribution is -2.09. The van der Waals surface area contributed by atoms with Crippen molar-refractivity contribution in [1.29, 1.82) is 0 Å². The molecular formula is C11H15ClN2O3. The van der Waals surface area contributed by atoms with E-state index in [0.29, 0.717) is 25.6 Å². The smallest absolute Gasteiger partial charge is 0.356 e. The molecule has 17 heavy (non-hydrogen) atoms. The van der Waals surface area contributed by atoms with Gasteiger partial charge in [0.1, 0.15) is 5.82 Å². The molecule has 2 N–H and O–H groups in total. The van der Waals surface area contributed by atoms with Crippen LogP contribution in [-0.4, -0.2) is 35.8 Å². The van der Waals surface area contributed by atoms with E-state index in [0.717, 1.165) is 6.42 Å². The lowest BCUT2D eigenvalue weighted by atomic mass is 10.3. The second-order valence-electron chi connectivity index (χ2n) is 3.31. The van der Waals surface area contributed by atoms with Crippen molar-refractivity contribution in [1.82, 2.24) is 4.98 Å². The standard InChI is InChI=1S/C11H15ClN2O3/c1-2-17-7-3-6-13-9-5-4-8(12)10(14-9)11(15)16/h4-5H,2-3,6-7H2,1H3,(H,13,14)(H,15,16). The van der Waals surface area contributed by atoms with Gasteiger partial charge in [-0.25, -0.2) is 9.78 Å². The van der Waals surface area contributed by atoms with E-state index in [1.165, 1.54) is 6.07 Å². The normalized spacial score (nSPS) is 10.2. The third kappa shape index (κ3) is 4.58. The quantitative estimate of drug-likeness (QED) is 0.734. The summed E-state index contributed by atoms with van der Waals surface area (Å²) in [5.41, 5.74) is -0.138. The predicted molar refractivity (Wildman–Crippen MR) is 65.8 cm³/mol. The summed E-state index contributed by atoms with van der Waals surface area (Å²) < 4.78 is 5.18. The van der Waals surface area contributed by atoms with Crippen molar-refractivity contribution in [2.45, 2.75) is 13.3 Å². The topological polar surface area (TPSA) is 71.5 Å². The van der Waals surface area contributed by atoms with E-state index in [2.05, 4.69) is 10.3 Å². The number of anilines is 1. The van der Waals surface area contributed by atoms with Crippen molar-refractivity contribution in [2.75, 3.05) is 25.1 Å². The van der Waals surface area contributed by atoms with Crippen LogP contribution in [0.25, 0.3) is 0 Å². The highest BCUT2D eigenvalue weighted by molar-refractivity contribution is 6.33. The molecule has 0 aliphatic carbocycles. The molecule has 0 radical (unpaired) electrons. The molecule has 0 bridgehead atoms. The van der Waals surface area contributed by atoms with Crippen LogP contribution < -0.4 is 5.32 Å². The Bertz CT molecular complexity index is 385. The Labute approximate surface area is 105 Å². The molecule has 0 saturated heterocycles. The summed E-state index contributed by atoms with van der Waals surface area (Å²) in [5.74, 6) is -0.628. The van der Waals surface area contributed by atoms with Gasteiger partial charge in [-0.1, -0.05) is 11.6 Å². The second kappa shape index (κ2) is 7.09. The average molecular weight is 259 g/mol. The number of rotatable bonds is 7. The predicted octanol–water partition coefficient (Wildman–Crippen LogP) is 2.27. The molecule has 0 fully saturated rings. The summed E-state index contributed by atoms with van der Waals surface area (Å²) >= 11 is 5.70. The van der Waals surface area contributed by atoms with Gasteiger partial charge in [0.15, 0.2) is 5.69 Å². The zero-order valence-electron chi connectivity index (χ0n) is 9.57. The molecule has 6 heteroatoms. The van der Waals surface area contributed by atoms with Crippen LogP contribution in [0.15, 0.2) is 12.1 Å². The van der Waals surface area contributed by atoms with E-state index in [-0.39, 0.29) is 10.7 Å². The molecule has 5 nitrogen and oxygen atoms in total. The molecule has 1 rings (SSSR count). The highest BCUT2D eigenvalue weighted by Gasteiger charge is 2.10. The third-order valence-corrected chi connectivity index (χ3v) is 2.33. The molecule has 0 atom stereocenters. The van der Waals surface area contributed by atoms with Crippen molar-refractivity contribution < 1.29 is 14.6 Å². The number of hydrogen-bond donors (Lipinski definition) is 2. The van der Waals surface area contributed by atoms with Gasteiger partial charge in [0.05, 0.1) is 5.02 Å². The lowest BCUT2D eigenvalue weighted by molar-refractivity contribution is 0.0691. The van der Waals surface area contributed by atoms with Gasteiger partial charge in [-0.05, 0) is 25.5 Å². The van der Waals surface area contributed by atoms with Gasteiger partial charge >= 0.3 is 5.97 Å². The molecule has 0 spiro atoms. The SMILES string of the molecule is CCOCCCNc1ccc(Cl)c(C(=O)O)n1. The average Bonchev–Trinajstić information content (AvgIpc) is 2.30. The number of carbonyl (C=O) groups is 1. The highest BCUT2D eigenvalue weighted by Crippen LogP contribution is 2.16. The molecule has 0 unspecified atom stereocenters. The first-order valence-corrected chi connectivity index (χ1v) is 5.74. The van der Waals surface area contributed by atoms with Crippen molar-refractivity contribution in [3.05, 3.63) is 22.8 Å². The summed E-state index contributed by atoms with van der Waals surface area (Å²) in [6.45, 7) is 3.98. The minimum absolute atomic E-state index is 0.136. The zero-order chi connectivity index (χ0) is 12.7. The number of nitrogens with one attached hydrogen (secondary N) is 1. The Morgan fingerprint density at radius 2 is 2.35 bits per heavy atom. The van der Waals surface area contributed by atoms with Gasteiger partial charge in [-0.15, -0.1) is 0 Å². The summed E-state index contributed by atoms with van der Waals surface area (Å²) in [6, 6.07) is 3.17. The Hall–Kier alpha value is -1.33. The van der Waals surface area contributed by atoms with Gasteiger partial charge in [0.2, 0.25) is 0 Å². The van der Waals surface area contributed by atoms with E-state index >= 15 is 0 Å². The van der Waals surface area contributed by atoms with Gasteiger partial charge in [0, 0.05) is 19.8 Å². The summed E-state index contributed by atoms with van der Waals surface area (Å²) in [5, 5.41) is 12.0. The molecule has 0 saturated carbocycles. The minimum atomic E-state index is -1.13. The van der Waals surface area contributed by atoms with Crippen molar-refractivity contribution in [3.63, 3.8) is 0 Å². The molecular weight excluding hydrogens is 244 g/mol. The van der Waals surface area contributed by atoms with E-state index in [1.54, 1.807) is 6.07 Å². The number of aromatic nitrogens is 1. The van der Waals surface area contributed by atoms with E-state index in [1.807, 2.05) is 6.92 Å². The van der Waals surface area contributed by atoms with Crippen LogP contribution in [0.3, 0.4) is 0 Å². The molecule has 0 amide bonds. The Kier molecular flexibility index (Phi) is 5.72. The Balaban J connectivity index is 2.49. The minimum Gasteiger partial charge on any atom is -0.476 e. The number of carboxylic acids is 1. The van der Waals surface area contributed by atoms with E-state index in [4.69, 9.17) is 21.4 Å². The van der Waals surface area contributed by atoms with Crippen LogP contribution in [0.1, 0.15) is 23.8 Å². The number of ether oxygens (including phenoxy) is 1. The fourth-order valence-corrected chi connectivity index (χ4v) is 1.41. The maximum Gasteiger partial charge on any atom is 0.356 e. The summed E-state index contributed by atoms with van der Waals surface area (Å²) in [6.07, 6.45) is 0.834. The fourth-order valence-electron chi connectivity index (χ4n) is 1.23. The largest absolute Gasteiger partial charge is 0.476 e. The first kappa shape index (κ1) is 13.7. The van der Waals surface area contributed by atoms with Crippen LogP contribution in [-0.2, 0) is 4.74 Å². The van der Waals surface area contributed by atoms with Crippen LogP contribution in [0.5, 0.6) is 0 Å². The zero-order valence-corrected chi connectivity index (χ0v) is 10.3. The molecule has 0 aliphatic heterocycles. The number of halogens is 1. The molecule has 0 aromatic carbocycles. The van der Waals surface area contributed by atoms with Gasteiger partial charge in [-0.2, -0.15) is 0 Å². The summed E-state index contributed by atoms with van der Waals surface area (Å²) in [4.78, 5) is 14.7.